The molecule has 0 aliphatic heterocycles. The van der Waals surface area contributed by atoms with E-state index in [1.807, 2.05) is 0 Å². The fraction of sp³-hybridized carbons (Fsp3) is 0.333. The number of nitrogens with one attached hydrogen (secondary N) is 1. The molecule has 0 saturated carbocycles. The van der Waals surface area contributed by atoms with Gasteiger partial charge in [0.2, 0.25) is 0 Å². The van der Waals surface area contributed by atoms with E-state index in [9.17, 15) is 19.2 Å². The predicted molar refractivity (Wildman–Crippen MR) is 66.2 cm³/mol. The summed E-state index contributed by atoms with van der Waals surface area (Å²) in [5, 5.41) is 0. The van der Waals surface area contributed by atoms with E-state index in [2.05, 4.69) is 23.9 Å². The molecule has 1 rings (SSSR count). The van der Waals surface area contributed by atoms with E-state index < -0.39 is 46.4 Å². The molecular weight excluding hydrogens is 286 g/mol. The zero-order valence-corrected chi connectivity index (χ0v) is 11.8. The lowest BCUT2D eigenvalue weighted by Crippen LogP contribution is -2.16. The largest absolute Gasteiger partial charge is 0.465 e. The first-order valence-corrected chi connectivity index (χ1v) is 5.52. The van der Waals surface area contributed by atoms with Gasteiger partial charge in [0.15, 0.2) is 0 Å². The summed E-state index contributed by atoms with van der Waals surface area (Å²) in [5.41, 5.74) is -1.75. The highest BCUT2D eigenvalue weighted by Gasteiger charge is 2.35. The quantitative estimate of drug-likeness (QED) is 0.616. The summed E-state index contributed by atoms with van der Waals surface area (Å²) in [6.07, 6.45) is 0. The summed E-state index contributed by atoms with van der Waals surface area (Å²) in [7, 11) is 4.24. The molecule has 0 bridgehead atoms. The minimum atomic E-state index is -1.01. The molecule has 9 heteroatoms. The van der Waals surface area contributed by atoms with Gasteiger partial charge < -0.3 is 23.9 Å². The van der Waals surface area contributed by atoms with Gasteiger partial charge in [0.05, 0.1) is 28.4 Å². The topological polar surface area (TPSA) is 121 Å². The lowest BCUT2D eigenvalue weighted by Gasteiger charge is -2.04. The van der Waals surface area contributed by atoms with Crippen LogP contribution in [0.25, 0.3) is 0 Å². The van der Waals surface area contributed by atoms with Crippen molar-refractivity contribution in [2.75, 3.05) is 28.4 Å². The van der Waals surface area contributed by atoms with Gasteiger partial charge in [0.1, 0.15) is 22.5 Å². The molecule has 0 aliphatic rings. The molecule has 0 spiro atoms. The number of ether oxygens (including phenoxy) is 4. The van der Waals surface area contributed by atoms with Crippen molar-refractivity contribution in [1.29, 1.82) is 0 Å². The molecule has 1 aromatic rings. The van der Waals surface area contributed by atoms with Gasteiger partial charge in [-0.2, -0.15) is 0 Å². The van der Waals surface area contributed by atoms with E-state index in [1.54, 1.807) is 0 Å². The maximum Gasteiger partial charge on any atom is 0.355 e. The van der Waals surface area contributed by atoms with Crippen molar-refractivity contribution < 1.29 is 38.1 Å². The first-order valence-electron chi connectivity index (χ1n) is 5.52. The maximum atomic E-state index is 11.8. The molecule has 0 atom stereocenters. The second-order valence-electron chi connectivity index (χ2n) is 3.59. The van der Waals surface area contributed by atoms with Gasteiger partial charge in [0, 0.05) is 0 Å². The third-order valence-corrected chi connectivity index (χ3v) is 2.56. The van der Waals surface area contributed by atoms with Crippen molar-refractivity contribution in [3.63, 3.8) is 0 Å². The number of hydrogen-bond donors (Lipinski definition) is 1. The fourth-order valence-corrected chi connectivity index (χ4v) is 1.62. The number of carbonyl (C=O) groups excluding carboxylic acids is 4. The summed E-state index contributed by atoms with van der Waals surface area (Å²) in [6.45, 7) is 0. The number of rotatable bonds is 4. The molecule has 0 unspecified atom stereocenters. The average Bonchev–Trinajstić information content (AvgIpc) is 2.91. The number of methoxy groups -OCH3 is 4. The molecule has 1 aromatic heterocycles. The monoisotopic (exact) mass is 299 g/mol. The fourth-order valence-electron chi connectivity index (χ4n) is 1.62. The number of aromatic amines is 1. The normalized spacial score (nSPS) is 9.71. The van der Waals surface area contributed by atoms with Crippen LogP contribution in [0.2, 0.25) is 0 Å². The van der Waals surface area contributed by atoms with Crippen LogP contribution in [0, 0.1) is 0 Å². The number of hydrogen-bond acceptors (Lipinski definition) is 8. The van der Waals surface area contributed by atoms with Gasteiger partial charge >= 0.3 is 23.9 Å². The number of H-pyrrole nitrogens is 1. The van der Waals surface area contributed by atoms with Gasteiger partial charge in [-0.1, -0.05) is 0 Å². The molecule has 114 valence electrons. The summed E-state index contributed by atoms with van der Waals surface area (Å²) >= 11 is 0. The highest BCUT2D eigenvalue weighted by molar-refractivity contribution is 6.14. The summed E-state index contributed by atoms with van der Waals surface area (Å²) in [4.78, 5) is 49.3. The molecule has 1 N–H and O–H groups in total. The Morgan fingerprint density at radius 3 is 1.14 bits per heavy atom. The van der Waals surface area contributed by atoms with E-state index in [0.717, 1.165) is 28.4 Å². The van der Waals surface area contributed by atoms with Gasteiger partial charge in [-0.3, -0.25) is 0 Å². The lowest BCUT2D eigenvalue weighted by molar-refractivity contribution is 0.0530. The first kappa shape index (κ1) is 16.2. The molecule has 21 heavy (non-hydrogen) atoms. The van der Waals surface area contributed by atoms with E-state index >= 15 is 0 Å². The number of esters is 4. The van der Waals surface area contributed by atoms with Crippen LogP contribution >= 0.6 is 0 Å². The van der Waals surface area contributed by atoms with Crippen LogP contribution in [-0.4, -0.2) is 57.3 Å². The second kappa shape index (κ2) is 6.55. The second-order valence-corrected chi connectivity index (χ2v) is 3.59. The Hall–Kier alpha value is -2.84. The smallest absolute Gasteiger partial charge is 0.355 e. The number of aromatic nitrogens is 1. The number of carbonyl (C=O) groups is 4. The van der Waals surface area contributed by atoms with Crippen molar-refractivity contribution in [2.45, 2.75) is 0 Å². The van der Waals surface area contributed by atoms with Crippen LogP contribution in [0.4, 0.5) is 0 Å². The molecular formula is C12H13NO8. The van der Waals surface area contributed by atoms with Crippen molar-refractivity contribution in [3.8, 4) is 0 Å². The van der Waals surface area contributed by atoms with Crippen molar-refractivity contribution >= 4 is 23.9 Å². The minimum Gasteiger partial charge on any atom is -0.465 e. The Bertz CT molecular complexity index is 550. The van der Waals surface area contributed by atoms with Crippen molar-refractivity contribution in [2.24, 2.45) is 0 Å². The molecule has 0 aliphatic carbocycles. The van der Waals surface area contributed by atoms with E-state index in [4.69, 9.17) is 0 Å². The predicted octanol–water partition coefficient (Wildman–Crippen LogP) is 0.161. The van der Waals surface area contributed by atoms with E-state index in [1.165, 1.54) is 0 Å². The molecule has 0 amide bonds. The van der Waals surface area contributed by atoms with Crippen molar-refractivity contribution in [1.82, 2.24) is 4.98 Å². The Kier molecular flexibility index (Phi) is 5.06. The van der Waals surface area contributed by atoms with Gasteiger partial charge in [-0.25, -0.2) is 19.2 Å². The summed E-state index contributed by atoms with van der Waals surface area (Å²) in [5.74, 6) is -3.95. The molecule has 0 radical (unpaired) electrons. The Morgan fingerprint density at radius 2 is 0.905 bits per heavy atom. The Morgan fingerprint density at radius 1 is 0.619 bits per heavy atom. The van der Waals surface area contributed by atoms with Crippen LogP contribution < -0.4 is 0 Å². The average molecular weight is 299 g/mol. The highest BCUT2D eigenvalue weighted by atomic mass is 16.5. The highest BCUT2D eigenvalue weighted by Crippen LogP contribution is 2.23. The van der Waals surface area contributed by atoms with Crippen LogP contribution in [-0.2, 0) is 18.9 Å². The van der Waals surface area contributed by atoms with Gasteiger partial charge in [-0.15, -0.1) is 0 Å². The Labute approximate surface area is 119 Å². The summed E-state index contributed by atoms with van der Waals surface area (Å²) < 4.78 is 18.0. The van der Waals surface area contributed by atoms with E-state index in [0.29, 0.717) is 0 Å². The molecule has 0 fully saturated rings. The lowest BCUT2D eigenvalue weighted by atomic mass is 10.1. The van der Waals surface area contributed by atoms with Crippen LogP contribution in [0.15, 0.2) is 0 Å². The third kappa shape index (κ3) is 2.86. The SMILES string of the molecule is COC(=O)c1[nH]c(C(=O)OC)c(C(=O)OC)c1C(=O)OC. The Balaban J connectivity index is 3.71. The zero-order chi connectivity index (χ0) is 16.2. The van der Waals surface area contributed by atoms with E-state index in [-0.39, 0.29) is 0 Å². The molecule has 1 heterocycles. The van der Waals surface area contributed by atoms with Crippen LogP contribution in [0.3, 0.4) is 0 Å². The molecule has 0 saturated heterocycles. The van der Waals surface area contributed by atoms with Crippen molar-refractivity contribution in [3.05, 3.63) is 22.5 Å². The van der Waals surface area contributed by atoms with Gasteiger partial charge in [0.25, 0.3) is 0 Å². The third-order valence-electron chi connectivity index (χ3n) is 2.56. The summed E-state index contributed by atoms with van der Waals surface area (Å²) in [6, 6.07) is 0. The standard InChI is InChI=1S/C12H13NO8/c1-18-9(14)5-6(10(15)19-2)8(12(17)21-4)13-7(5)11(16)20-3/h13H,1-4H3. The van der Waals surface area contributed by atoms with Crippen LogP contribution in [0.1, 0.15) is 41.7 Å². The first-order chi connectivity index (χ1) is 9.92. The molecule has 9 nitrogen and oxygen atoms in total. The van der Waals surface area contributed by atoms with Gasteiger partial charge in [-0.05, 0) is 0 Å². The molecule has 0 aromatic carbocycles. The minimum absolute atomic E-state index is 0.412. The van der Waals surface area contributed by atoms with Crippen LogP contribution in [0.5, 0.6) is 0 Å². The maximum absolute atomic E-state index is 11.8. The zero-order valence-electron chi connectivity index (χ0n) is 11.8.